The summed E-state index contributed by atoms with van der Waals surface area (Å²) in [5.74, 6) is -0.921. The van der Waals surface area contributed by atoms with Crippen molar-refractivity contribution in [1.82, 2.24) is 0 Å². The zero-order valence-electron chi connectivity index (χ0n) is 49.9. The highest BCUT2D eigenvalue weighted by molar-refractivity contribution is 5.71. The number of carbonyl (C=O) groups is 3. The number of hydrogen-bond donors (Lipinski definition) is 0. The highest BCUT2D eigenvalue weighted by Crippen LogP contribution is 2.15. The van der Waals surface area contributed by atoms with E-state index < -0.39 is 6.10 Å². The summed E-state index contributed by atoms with van der Waals surface area (Å²) in [6, 6.07) is 0. The van der Waals surface area contributed by atoms with Crippen LogP contribution in [0, 0.1) is 0 Å². The van der Waals surface area contributed by atoms with Gasteiger partial charge in [-0.2, -0.15) is 0 Å². The normalized spacial score (nSPS) is 13.0. The molecule has 0 aromatic rings. The Kier molecular flexibility index (Phi) is 60.4. The number of allylic oxidation sites excluding steroid dienone is 22. The molecule has 0 amide bonds. The molecule has 436 valence electrons. The predicted molar refractivity (Wildman–Crippen MR) is 334 cm³/mol. The molecule has 0 saturated carbocycles. The number of carbonyl (C=O) groups excluding carboxylic acids is 3. The quantitative estimate of drug-likeness (QED) is 0.0261. The lowest BCUT2D eigenvalue weighted by atomic mass is 10.0. The third kappa shape index (κ3) is 62.3. The minimum absolute atomic E-state index is 0.0915. The average Bonchev–Trinajstić information content (AvgIpc) is 3.43. The zero-order valence-corrected chi connectivity index (χ0v) is 49.9. The fourth-order valence-corrected chi connectivity index (χ4v) is 8.42. The Bertz CT molecular complexity index is 1650. The molecule has 0 rings (SSSR count). The van der Waals surface area contributed by atoms with Crippen molar-refractivity contribution in [2.24, 2.45) is 0 Å². The maximum absolute atomic E-state index is 12.9. The van der Waals surface area contributed by atoms with Gasteiger partial charge in [0, 0.05) is 19.3 Å². The molecule has 0 aliphatic rings. The molecule has 0 saturated heterocycles. The van der Waals surface area contributed by atoms with Crippen molar-refractivity contribution in [3.05, 3.63) is 134 Å². The van der Waals surface area contributed by atoms with E-state index in [9.17, 15) is 14.4 Å². The maximum atomic E-state index is 12.9. The number of hydrogen-bond acceptors (Lipinski definition) is 6. The number of unbranched alkanes of at least 4 members (excludes halogenated alkanes) is 23. The van der Waals surface area contributed by atoms with Crippen LogP contribution in [0.3, 0.4) is 0 Å². The van der Waals surface area contributed by atoms with Gasteiger partial charge in [-0.3, -0.25) is 14.4 Å². The largest absolute Gasteiger partial charge is 0.462 e. The van der Waals surface area contributed by atoms with Crippen molar-refractivity contribution in [2.75, 3.05) is 13.2 Å². The summed E-state index contributed by atoms with van der Waals surface area (Å²) in [4.78, 5) is 38.2. The summed E-state index contributed by atoms with van der Waals surface area (Å²) >= 11 is 0. The van der Waals surface area contributed by atoms with Crippen LogP contribution in [0.15, 0.2) is 134 Å². The van der Waals surface area contributed by atoms with Gasteiger partial charge in [0.2, 0.25) is 0 Å². The van der Waals surface area contributed by atoms with E-state index in [2.05, 4.69) is 154 Å². The van der Waals surface area contributed by atoms with E-state index in [4.69, 9.17) is 14.2 Å². The minimum atomic E-state index is -0.795. The van der Waals surface area contributed by atoms with Crippen molar-refractivity contribution < 1.29 is 28.6 Å². The van der Waals surface area contributed by atoms with E-state index in [1.807, 2.05) is 0 Å². The lowest BCUT2D eigenvalue weighted by molar-refractivity contribution is -0.167. The fraction of sp³-hybridized carbons (Fsp3) is 0.648. The molecular formula is C71H116O6. The molecule has 0 fully saturated rings. The van der Waals surface area contributed by atoms with Crippen LogP contribution in [0.2, 0.25) is 0 Å². The van der Waals surface area contributed by atoms with E-state index >= 15 is 0 Å². The second-order valence-electron chi connectivity index (χ2n) is 20.5. The molecule has 0 aliphatic heterocycles. The second-order valence-corrected chi connectivity index (χ2v) is 20.5. The summed E-state index contributed by atoms with van der Waals surface area (Å²) in [6.45, 7) is 6.35. The molecule has 1 atom stereocenters. The molecule has 6 heteroatoms. The van der Waals surface area contributed by atoms with Gasteiger partial charge in [-0.15, -0.1) is 0 Å². The van der Waals surface area contributed by atoms with Gasteiger partial charge in [0.15, 0.2) is 6.10 Å². The Morgan fingerprint density at radius 1 is 0.273 bits per heavy atom. The molecule has 0 aromatic carbocycles. The van der Waals surface area contributed by atoms with Crippen molar-refractivity contribution in [3.8, 4) is 0 Å². The molecule has 0 heterocycles. The summed E-state index contributed by atoms with van der Waals surface area (Å²) in [5.41, 5.74) is 0. The van der Waals surface area contributed by atoms with Gasteiger partial charge in [0.25, 0.3) is 0 Å². The first-order valence-electron chi connectivity index (χ1n) is 31.7. The van der Waals surface area contributed by atoms with E-state index in [-0.39, 0.29) is 31.1 Å². The van der Waals surface area contributed by atoms with Gasteiger partial charge in [-0.1, -0.05) is 264 Å². The molecule has 0 bridgehead atoms. The Morgan fingerprint density at radius 3 is 0.805 bits per heavy atom. The van der Waals surface area contributed by atoms with E-state index in [1.54, 1.807) is 0 Å². The van der Waals surface area contributed by atoms with Crippen LogP contribution in [0.25, 0.3) is 0 Å². The third-order valence-electron chi connectivity index (χ3n) is 13.1. The highest BCUT2D eigenvalue weighted by atomic mass is 16.6. The van der Waals surface area contributed by atoms with E-state index in [0.717, 1.165) is 154 Å². The Labute approximate surface area is 475 Å². The zero-order chi connectivity index (χ0) is 55.7. The lowest BCUT2D eigenvalue weighted by Gasteiger charge is -2.18. The maximum Gasteiger partial charge on any atom is 0.306 e. The molecule has 0 spiro atoms. The molecule has 0 aliphatic carbocycles. The van der Waals surface area contributed by atoms with E-state index in [1.165, 1.54) is 83.5 Å². The first-order chi connectivity index (χ1) is 38.0. The molecule has 77 heavy (non-hydrogen) atoms. The molecule has 6 nitrogen and oxygen atoms in total. The van der Waals surface area contributed by atoms with Crippen molar-refractivity contribution in [3.63, 3.8) is 0 Å². The summed E-state index contributed by atoms with van der Waals surface area (Å²) in [6.07, 6.45) is 90.4. The third-order valence-corrected chi connectivity index (χ3v) is 13.1. The number of esters is 3. The average molecular weight is 1070 g/mol. The monoisotopic (exact) mass is 1060 g/mol. The lowest BCUT2D eigenvalue weighted by Crippen LogP contribution is -2.30. The predicted octanol–water partition coefficient (Wildman–Crippen LogP) is 21.8. The molecule has 0 N–H and O–H groups in total. The van der Waals surface area contributed by atoms with Gasteiger partial charge in [0.05, 0.1) is 0 Å². The SMILES string of the molecule is CC/C=C\C/C=C\C/C=C\C/C=C\C/C=C\C/C=C\C/C=C\CCCCCCCCCCCCCC(=O)OCC(COC(=O)CCCCCCC/C=C\CCCC)OC(=O)CCCCCCC/C=C\C/C=C\C/C=C\CC. The van der Waals surface area contributed by atoms with Gasteiger partial charge in [-0.25, -0.2) is 0 Å². The first-order valence-corrected chi connectivity index (χ1v) is 31.7. The molecule has 1 unspecified atom stereocenters. The standard InChI is InChI=1S/C71H116O6/c1-4-7-10-13-16-19-22-24-26-27-28-29-30-31-32-33-34-35-36-37-38-39-40-41-42-43-45-46-49-52-55-58-61-64-70(73)76-67-68(66-75-69(72)63-60-57-54-51-48-21-18-15-12-9-6-3)77-71(74)65-62-59-56-53-50-47-44-25-23-20-17-14-11-8-5-2/h7-8,10-11,15-20,24-26,28-29,31-32,34-35,37-38,44,68H,4-6,9,12-14,21-23,27,30,33,36,39-43,45-67H2,1-3H3/b10-7-,11-8-,18-15-,19-16-,20-17-,26-24-,29-28-,32-31-,35-34-,38-37-,44-25-. The number of rotatable bonds is 56. The van der Waals surface area contributed by atoms with E-state index in [0.29, 0.717) is 19.3 Å². The van der Waals surface area contributed by atoms with Gasteiger partial charge < -0.3 is 14.2 Å². The Balaban J connectivity index is 4.21. The van der Waals surface area contributed by atoms with Crippen molar-refractivity contribution in [1.29, 1.82) is 0 Å². The van der Waals surface area contributed by atoms with Crippen LogP contribution in [-0.4, -0.2) is 37.2 Å². The first kappa shape index (κ1) is 72.5. The minimum Gasteiger partial charge on any atom is -0.462 e. The summed E-state index contributed by atoms with van der Waals surface area (Å²) in [7, 11) is 0. The summed E-state index contributed by atoms with van der Waals surface area (Å²) < 4.78 is 16.8. The number of ether oxygens (including phenoxy) is 3. The van der Waals surface area contributed by atoms with Crippen LogP contribution in [0.4, 0.5) is 0 Å². The van der Waals surface area contributed by atoms with Crippen LogP contribution in [0.1, 0.15) is 278 Å². The second kappa shape index (κ2) is 64.1. The van der Waals surface area contributed by atoms with Crippen LogP contribution < -0.4 is 0 Å². The van der Waals surface area contributed by atoms with Crippen molar-refractivity contribution >= 4 is 17.9 Å². The topological polar surface area (TPSA) is 78.9 Å². The molecule has 0 radical (unpaired) electrons. The fourth-order valence-electron chi connectivity index (χ4n) is 8.42. The summed E-state index contributed by atoms with van der Waals surface area (Å²) in [5, 5.41) is 0. The Hall–Kier alpha value is -4.45. The van der Waals surface area contributed by atoms with Crippen molar-refractivity contribution in [2.45, 2.75) is 284 Å². The Morgan fingerprint density at radius 2 is 0.506 bits per heavy atom. The van der Waals surface area contributed by atoms with Gasteiger partial charge in [-0.05, 0) is 128 Å². The molecule has 0 aromatic heterocycles. The van der Waals surface area contributed by atoms with Crippen LogP contribution in [-0.2, 0) is 28.6 Å². The van der Waals surface area contributed by atoms with Gasteiger partial charge >= 0.3 is 17.9 Å². The van der Waals surface area contributed by atoms with Crippen LogP contribution >= 0.6 is 0 Å². The molecular weight excluding hydrogens is 949 g/mol. The highest BCUT2D eigenvalue weighted by Gasteiger charge is 2.19. The van der Waals surface area contributed by atoms with Crippen LogP contribution in [0.5, 0.6) is 0 Å². The van der Waals surface area contributed by atoms with Gasteiger partial charge in [0.1, 0.15) is 13.2 Å². The smallest absolute Gasteiger partial charge is 0.306 e.